The minimum Gasteiger partial charge on any atom is -0.380 e. The van der Waals surface area contributed by atoms with Crippen LogP contribution in [0.2, 0.25) is 0 Å². The Bertz CT molecular complexity index is 395. The predicted molar refractivity (Wildman–Crippen MR) is 98.2 cm³/mol. The highest BCUT2D eigenvalue weighted by molar-refractivity contribution is 7.92. The van der Waals surface area contributed by atoms with Crippen molar-refractivity contribution < 1.29 is 13.2 Å². The first-order valence-corrected chi connectivity index (χ1v) is 9.59. The molecule has 0 saturated carbocycles. The minimum atomic E-state index is -3.05. The average Bonchev–Trinajstić information content (AvgIpc) is 2.28. The van der Waals surface area contributed by atoms with Crippen molar-refractivity contribution in [3.8, 4) is 0 Å². The van der Waals surface area contributed by atoms with Crippen LogP contribution < -0.4 is 0 Å². The second-order valence-corrected chi connectivity index (χ2v) is 10.5. The monoisotopic (exact) mass is 334 g/mol. The summed E-state index contributed by atoms with van der Waals surface area (Å²) in [4.78, 5) is 0. The van der Waals surface area contributed by atoms with Crippen molar-refractivity contribution in [2.75, 3.05) is 19.0 Å². The van der Waals surface area contributed by atoms with Crippen LogP contribution >= 0.6 is 0 Å². The lowest BCUT2D eigenvalue weighted by molar-refractivity contribution is 0.144. The van der Waals surface area contributed by atoms with Gasteiger partial charge in [0.1, 0.15) is 0 Å². The van der Waals surface area contributed by atoms with E-state index in [2.05, 4.69) is 32.9 Å². The van der Waals surface area contributed by atoms with Gasteiger partial charge in [-0.05, 0) is 45.4 Å². The molecule has 0 aliphatic carbocycles. The number of unbranched alkanes of at least 4 members (excludes halogenated alkanes) is 3. The fourth-order valence-electron chi connectivity index (χ4n) is 1.66. The Hall–Kier alpha value is -0.350. The maximum absolute atomic E-state index is 11.9. The molecule has 0 aliphatic heterocycles. The molecule has 3 nitrogen and oxygen atoms in total. The second-order valence-electron chi connectivity index (χ2n) is 7.66. The molecule has 0 aromatic carbocycles. The van der Waals surface area contributed by atoms with Crippen molar-refractivity contribution >= 4 is 9.84 Å². The summed E-state index contributed by atoms with van der Waals surface area (Å²) in [6.07, 6.45) is 8.89. The SMILES string of the molecule is C.CC(C)(C)/C=C/CCCCCOCCS(=O)(=O)C(C)(C)C. The first-order chi connectivity index (χ1) is 9.46. The molecule has 134 valence electrons. The molecular formula is C18H38O3S. The van der Waals surface area contributed by atoms with Gasteiger partial charge in [-0.1, -0.05) is 46.8 Å². The largest absolute Gasteiger partial charge is 0.380 e. The molecule has 0 radical (unpaired) electrons. The van der Waals surface area contributed by atoms with Crippen molar-refractivity contribution in [1.82, 2.24) is 0 Å². The molecule has 0 fully saturated rings. The van der Waals surface area contributed by atoms with Gasteiger partial charge in [0.2, 0.25) is 0 Å². The summed E-state index contributed by atoms with van der Waals surface area (Å²) >= 11 is 0. The molecule has 0 unspecified atom stereocenters. The van der Waals surface area contributed by atoms with Gasteiger partial charge >= 0.3 is 0 Å². The van der Waals surface area contributed by atoms with Gasteiger partial charge in [0.15, 0.2) is 9.84 Å². The van der Waals surface area contributed by atoms with E-state index in [9.17, 15) is 8.42 Å². The summed E-state index contributed by atoms with van der Waals surface area (Å²) in [5, 5.41) is 0. The number of rotatable bonds is 9. The van der Waals surface area contributed by atoms with Crippen molar-refractivity contribution in [1.29, 1.82) is 0 Å². The van der Waals surface area contributed by atoms with Crippen LogP contribution in [0.5, 0.6) is 0 Å². The van der Waals surface area contributed by atoms with Gasteiger partial charge in [0.25, 0.3) is 0 Å². The Balaban J connectivity index is 0. The van der Waals surface area contributed by atoms with Gasteiger partial charge in [-0.25, -0.2) is 8.42 Å². The van der Waals surface area contributed by atoms with E-state index in [4.69, 9.17) is 4.74 Å². The fourth-order valence-corrected chi connectivity index (χ4v) is 2.61. The topological polar surface area (TPSA) is 43.4 Å². The maximum atomic E-state index is 11.9. The molecule has 22 heavy (non-hydrogen) atoms. The van der Waals surface area contributed by atoms with Crippen LogP contribution in [-0.4, -0.2) is 32.1 Å². The van der Waals surface area contributed by atoms with Gasteiger partial charge in [0, 0.05) is 6.61 Å². The summed E-state index contributed by atoms with van der Waals surface area (Å²) < 4.78 is 28.4. The highest BCUT2D eigenvalue weighted by Gasteiger charge is 2.28. The van der Waals surface area contributed by atoms with E-state index >= 15 is 0 Å². The molecule has 0 saturated heterocycles. The number of sulfone groups is 1. The summed E-state index contributed by atoms with van der Waals surface area (Å²) in [7, 11) is -3.05. The lowest BCUT2D eigenvalue weighted by Crippen LogP contribution is -2.32. The van der Waals surface area contributed by atoms with Crippen molar-refractivity contribution in [2.45, 2.75) is 79.4 Å². The fraction of sp³-hybridized carbons (Fsp3) is 0.889. The molecule has 0 rings (SSSR count). The van der Waals surface area contributed by atoms with E-state index in [0.29, 0.717) is 13.2 Å². The highest BCUT2D eigenvalue weighted by atomic mass is 32.2. The first-order valence-electron chi connectivity index (χ1n) is 7.93. The summed E-state index contributed by atoms with van der Waals surface area (Å²) in [6, 6.07) is 0. The molecule has 0 bridgehead atoms. The molecule has 0 amide bonds. The Kier molecular flexibility index (Phi) is 11.3. The van der Waals surface area contributed by atoms with Gasteiger partial charge in [-0.15, -0.1) is 0 Å². The summed E-state index contributed by atoms with van der Waals surface area (Å²) in [6.45, 7) is 12.7. The van der Waals surface area contributed by atoms with E-state index in [-0.39, 0.29) is 18.6 Å². The quantitative estimate of drug-likeness (QED) is 0.439. The zero-order valence-corrected chi connectivity index (χ0v) is 15.6. The van der Waals surface area contributed by atoms with E-state index in [0.717, 1.165) is 25.7 Å². The molecule has 0 aliphatic rings. The molecule has 0 N–H and O–H groups in total. The highest BCUT2D eigenvalue weighted by Crippen LogP contribution is 2.16. The zero-order valence-electron chi connectivity index (χ0n) is 14.7. The molecule has 0 aromatic heterocycles. The van der Waals surface area contributed by atoms with Crippen LogP contribution in [0, 0.1) is 5.41 Å². The molecule has 4 heteroatoms. The number of hydrogen-bond donors (Lipinski definition) is 0. The van der Waals surface area contributed by atoms with Crippen LogP contribution in [0.1, 0.15) is 74.7 Å². The molecule has 0 heterocycles. The van der Waals surface area contributed by atoms with E-state index in [1.54, 1.807) is 20.8 Å². The zero-order chi connectivity index (χ0) is 16.6. The number of hydrogen-bond acceptors (Lipinski definition) is 3. The van der Waals surface area contributed by atoms with E-state index < -0.39 is 14.6 Å². The van der Waals surface area contributed by atoms with E-state index in [1.165, 1.54) is 0 Å². The minimum absolute atomic E-state index is 0. The molecule has 0 aromatic rings. The third-order valence-corrected chi connectivity index (χ3v) is 5.78. The first kappa shape index (κ1) is 23.9. The van der Waals surface area contributed by atoms with Gasteiger partial charge in [0.05, 0.1) is 17.1 Å². The molecule has 0 spiro atoms. The Morgan fingerprint density at radius 1 is 0.909 bits per heavy atom. The summed E-state index contributed by atoms with van der Waals surface area (Å²) in [5.41, 5.74) is 0.266. The Labute approximate surface area is 139 Å². The van der Waals surface area contributed by atoms with Crippen LogP contribution in [-0.2, 0) is 14.6 Å². The maximum Gasteiger partial charge on any atom is 0.157 e. The predicted octanol–water partition coefficient (Wildman–Crippen LogP) is 5.02. The lowest BCUT2D eigenvalue weighted by Gasteiger charge is -2.18. The number of ether oxygens (including phenoxy) is 1. The van der Waals surface area contributed by atoms with Gasteiger partial charge in [-0.3, -0.25) is 0 Å². The number of allylic oxidation sites excluding steroid dienone is 2. The normalized spacial score (nSPS) is 13.4. The average molecular weight is 335 g/mol. The smallest absolute Gasteiger partial charge is 0.157 e. The Morgan fingerprint density at radius 3 is 2.00 bits per heavy atom. The van der Waals surface area contributed by atoms with Crippen LogP contribution in [0.25, 0.3) is 0 Å². The second kappa shape index (κ2) is 10.4. The van der Waals surface area contributed by atoms with Gasteiger partial charge in [-0.2, -0.15) is 0 Å². The van der Waals surface area contributed by atoms with Crippen molar-refractivity contribution in [3.05, 3.63) is 12.2 Å². The standard InChI is InChI=1S/C17H34O3S.CH4/c1-16(2,3)12-10-8-7-9-11-13-20-14-15-21(18,19)17(4,5)6;/h10,12H,7-9,11,13-15H2,1-6H3;1H4/b12-10+;. The third kappa shape index (κ3) is 12.2. The Morgan fingerprint density at radius 2 is 1.50 bits per heavy atom. The molecule has 0 atom stereocenters. The van der Waals surface area contributed by atoms with Crippen LogP contribution in [0.15, 0.2) is 12.2 Å². The van der Waals surface area contributed by atoms with E-state index in [1.807, 2.05) is 0 Å². The van der Waals surface area contributed by atoms with Crippen molar-refractivity contribution in [2.24, 2.45) is 5.41 Å². The van der Waals surface area contributed by atoms with Crippen LogP contribution in [0.4, 0.5) is 0 Å². The third-order valence-electron chi connectivity index (χ3n) is 3.21. The molecular weight excluding hydrogens is 296 g/mol. The van der Waals surface area contributed by atoms with Gasteiger partial charge < -0.3 is 4.74 Å². The lowest BCUT2D eigenvalue weighted by atomic mass is 9.96. The summed E-state index contributed by atoms with van der Waals surface area (Å²) in [5.74, 6) is 0.116. The van der Waals surface area contributed by atoms with Crippen molar-refractivity contribution in [3.63, 3.8) is 0 Å². The van der Waals surface area contributed by atoms with Crippen LogP contribution in [0.3, 0.4) is 0 Å².